The standard InChI is InChI=1S/C11H18N2S2/c1-8(14-2)6-12-7-11-13-9-4-3-5-10(9)15-11/h8,12H,3-7H2,1-2H3. The summed E-state index contributed by atoms with van der Waals surface area (Å²) in [6.45, 7) is 4.27. The molecule has 2 rings (SSSR count). The Bertz CT molecular complexity index is 301. The van der Waals surface area contributed by atoms with Crippen molar-refractivity contribution in [1.29, 1.82) is 0 Å². The topological polar surface area (TPSA) is 24.9 Å². The first-order valence-corrected chi connectivity index (χ1v) is 7.61. The number of thioether (sulfide) groups is 1. The molecule has 15 heavy (non-hydrogen) atoms. The highest BCUT2D eigenvalue weighted by Gasteiger charge is 2.16. The molecule has 4 heteroatoms. The Balaban J connectivity index is 1.79. The van der Waals surface area contributed by atoms with E-state index in [1.54, 1.807) is 0 Å². The molecule has 84 valence electrons. The van der Waals surface area contributed by atoms with E-state index < -0.39 is 0 Å². The average Bonchev–Trinajstić information content (AvgIpc) is 2.77. The molecule has 1 heterocycles. The zero-order valence-electron chi connectivity index (χ0n) is 9.38. The van der Waals surface area contributed by atoms with Gasteiger partial charge in [-0.15, -0.1) is 11.3 Å². The van der Waals surface area contributed by atoms with Crippen LogP contribution < -0.4 is 5.32 Å². The molecule has 1 aromatic heterocycles. The van der Waals surface area contributed by atoms with Gasteiger partial charge in [0.25, 0.3) is 0 Å². The number of fused-ring (bicyclic) bond motifs is 1. The summed E-state index contributed by atoms with van der Waals surface area (Å²) < 4.78 is 0. The molecule has 0 fully saturated rings. The van der Waals surface area contributed by atoms with Crippen LogP contribution in [-0.4, -0.2) is 23.0 Å². The lowest BCUT2D eigenvalue weighted by molar-refractivity contribution is 0.679. The molecule has 1 unspecified atom stereocenters. The molecule has 1 aromatic rings. The van der Waals surface area contributed by atoms with Gasteiger partial charge in [0.15, 0.2) is 0 Å². The predicted molar refractivity (Wildman–Crippen MR) is 68.8 cm³/mol. The number of aromatic nitrogens is 1. The third kappa shape index (κ3) is 2.95. The van der Waals surface area contributed by atoms with Gasteiger partial charge >= 0.3 is 0 Å². The Morgan fingerprint density at radius 1 is 1.53 bits per heavy atom. The predicted octanol–water partition coefficient (Wildman–Crippen LogP) is 2.47. The van der Waals surface area contributed by atoms with Gasteiger partial charge in [-0.25, -0.2) is 4.98 Å². The van der Waals surface area contributed by atoms with E-state index in [4.69, 9.17) is 0 Å². The minimum atomic E-state index is 0.691. The molecule has 0 bridgehead atoms. The Hall–Kier alpha value is -0.0600. The normalized spacial score (nSPS) is 16.7. The largest absolute Gasteiger partial charge is 0.309 e. The van der Waals surface area contributed by atoms with Crippen molar-refractivity contribution in [2.75, 3.05) is 12.8 Å². The second kappa shape index (κ2) is 5.32. The van der Waals surface area contributed by atoms with Crippen molar-refractivity contribution in [3.8, 4) is 0 Å². The maximum atomic E-state index is 4.66. The fraction of sp³-hybridized carbons (Fsp3) is 0.727. The molecule has 0 spiro atoms. The van der Waals surface area contributed by atoms with Gasteiger partial charge < -0.3 is 5.32 Å². The van der Waals surface area contributed by atoms with E-state index in [1.165, 1.54) is 34.8 Å². The maximum Gasteiger partial charge on any atom is 0.107 e. The first-order chi connectivity index (χ1) is 7.29. The summed E-state index contributed by atoms with van der Waals surface area (Å²) in [6, 6.07) is 0. The minimum Gasteiger partial charge on any atom is -0.309 e. The van der Waals surface area contributed by atoms with Gasteiger partial charge in [0.05, 0.1) is 5.69 Å². The van der Waals surface area contributed by atoms with Crippen LogP contribution in [0.1, 0.15) is 28.9 Å². The Kier molecular flexibility index (Phi) is 4.05. The molecule has 0 saturated carbocycles. The van der Waals surface area contributed by atoms with Gasteiger partial charge in [0, 0.05) is 23.2 Å². The first kappa shape index (κ1) is 11.4. The van der Waals surface area contributed by atoms with Crippen LogP contribution in [-0.2, 0) is 19.4 Å². The number of hydrogen-bond acceptors (Lipinski definition) is 4. The van der Waals surface area contributed by atoms with E-state index in [0.717, 1.165) is 13.1 Å². The van der Waals surface area contributed by atoms with Crippen molar-refractivity contribution >= 4 is 23.1 Å². The smallest absolute Gasteiger partial charge is 0.107 e. The minimum absolute atomic E-state index is 0.691. The molecule has 1 aliphatic carbocycles. The van der Waals surface area contributed by atoms with Crippen LogP contribution in [0.25, 0.3) is 0 Å². The highest BCUT2D eigenvalue weighted by Crippen LogP contribution is 2.27. The molecular weight excluding hydrogens is 224 g/mol. The summed E-state index contributed by atoms with van der Waals surface area (Å²) in [6.07, 6.45) is 5.93. The van der Waals surface area contributed by atoms with Crippen molar-refractivity contribution in [3.63, 3.8) is 0 Å². The van der Waals surface area contributed by atoms with Crippen LogP contribution in [0.5, 0.6) is 0 Å². The zero-order valence-corrected chi connectivity index (χ0v) is 11.0. The number of nitrogens with one attached hydrogen (secondary N) is 1. The highest BCUT2D eigenvalue weighted by atomic mass is 32.2. The van der Waals surface area contributed by atoms with Crippen LogP contribution in [0.3, 0.4) is 0 Å². The van der Waals surface area contributed by atoms with E-state index in [9.17, 15) is 0 Å². The van der Waals surface area contributed by atoms with E-state index in [-0.39, 0.29) is 0 Å². The second-order valence-electron chi connectivity index (χ2n) is 4.01. The lowest BCUT2D eigenvalue weighted by atomic mass is 10.4. The zero-order chi connectivity index (χ0) is 10.7. The number of nitrogens with zero attached hydrogens (tertiary/aromatic N) is 1. The van der Waals surface area contributed by atoms with E-state index in [1.807, 2.05) is 23.1 Å². The lowest BCUT2D eigenvalue weighted by Gasteiger charge is -2.07. The number of aryl methyl sites for hydroxylation is 2. The van der Waals surface area contributed by atoms with Gasteiger partial charge in [-0.05, 0) is 25.5 Å². The van der Waals surface area contributed by atoms with Crippen LogP contribution in [0, 0.1) is 0 Å². The molecule has 1 atom stereocenters. The van der Waals surface area contributed by atoms with Gasteiger partial charge in [-0.2, -0.15) is 11.8 Å². The number of rotatable bonds is 5. The quantitative estimate of drug-likeness (QED) is 0.858. The van der Waals surface area contributed by atoms with E-state index in [2.05, 4.69) is 23.5 Å². The average molecular weight is 242 g/mol. The molecule has 2 nitrogen and oxygen atoms in total. The van der Waals surface area contributed by atoms with Crippen LogP contribution in [0.4, 0.5) is 0 Å². The fourth-order valence-corrected chi connectivity index (χ4v) is 3.20. The van der Waals surface area contributed by atoms with Crippen LogP contribution in [0.2, 0.25) is 0 Å². The van der Waals surface area contributed by atoms with Crippen molar-refractivity contribution in [1.82, 2.24) is 10.3 Å². The summed E-state index contributed by atoms with van der Waals surface area (Å²) in [5.74, 6) is 0. The summed E-state index contributed by atoms with van der Waals surface area (Å²) in [5.41, 5.74) is 1.37. The number of thiazole rings is 1. The maximum absolute atomic E-state index is 4.66. The molecule has 1 N–H and O–H groups in total. The van der Waals surface area contributed by atoms with Crippen molar-refractivity contribution in [2.24, 2.45) is 0 Å². The monoisotopic (exact) mass is 242 g/mol. The number of hydrogen-bond donors (Lipinski definition) is 1. The Morgan fingerprint density at radius 3 is 3.13 bits per heavy atom. The third-order valence-electron chi connectivity index (χ3n) is 2.75. The summed E-state index contributed by atoms with van der Waals surface area (Å²) in [4.78, 5) is 6.19. The van der Waals surface area contributed by atoms with Crippen LogP contribution >= 0.6 is 23.1 Å². The molecule has 0 saturated heterocycles. The van der Waals surface area contributed by atoms with E-state index in [0.29, 0.717) is 5.25 Å². The molecular formula is C11H18N2S2. The molecule has 1 aliphatic rings. The van der Waals surface area contributed by atoms with Crippen molar-refractivity contribution in [2.45, 2.75) is 38.0 Å². The fourth-order valence-electron chi connectivity index (χ4n) is 1.79. The summed E-state index contributed by atoms with van der Waals surface area (Å²) >= 11 is 3.81. The highest BCUT2D eigenvalue weighted by molar-refractivity contribution is 7.99. The molecule has 0 aromatic carbocycles. The summed E-state index contributed by atoms with van der Waals surface area (Å²) in [7, 11) is 0. The summed E-state index contributed by atoms with van der Waals surface area (Å²) in [5, 5.41) is 5.43. The Morgan fingerprint density at radius 2 is 2.40 bits per heavy atom. The Labute approximate surface area is 99.9 Å². The van der Waals surface area contributed by atoms with Gasteiger partial charge in [-0.3, -0.25) is 0 Å². The first-order valence-electron chi connectivity index (χ1n) is 5.50. The lowest BCUT2D eigenvalue weighted by Crippen LogP contribution is -2.21. The van der Waals surface area contributed by atoms with Crippen molar-refractivity contribution in [3.05, 3.63) is 15.6 Å². The SMILES string of the molecule is CSC(C)CNCc1nc2c(s1)CCC2. The van der Waals surface area contributed by atoms with Crippen molar-refractivity contribution < 1.29 is 0 Å². The van der Waals surface area contributed by atoms with E-state index >= 15 is 0 Å². The molecule has 0 amide bonds. The molecule has 0 aliphatic heterocycles. The molecule has 0 radical (unpaired) electrons. The van der Waals surface area contributed by atoms with Gasteiger partial charge in [-0.1, -0.05) is 6.92 Å². The van der Waals surface area contributed by atoms with Crippen LogP contribution in [0.15, 0.2) is 0 Å². The second-order valence-corrected chi connectivity index (χ2v) is 6.45. The van der Waals surface area contributed by atoms with Gasteiger partial charge in [0.2, 0.25) is 0 Å². The van der Waals surface area contributed by atoms with Gasteiger partial charge in [0.1, 0.15) is 5.01 Å². The third-order valence-corrected chi connectivity index (χ3v) is 4.88.